The maximum Gasteiger partial charge on any atom is 0.349 e. The first kappa shape index (κ1) is 25.7. The second-order valence-electron chi connectivity index (χ2n) is 6.51. The van der Waals surface area contributed by atoms with E-state index in [2.05, 4.69) is 4.74 Å². The van der Waals surface area contributed by atoms with Crippen molar-refractivity contribution in [2.45, 2.75) is 12.7 Å². The van der Waals surface area contributed by atoms with Crippen molar-refractivity contribution in [2.75, 3.05) is 35.0 Å². The summed E-state index contributed by atoms with van der Waals surface area (Å²) in [5.74, 6) is 0.805. The Hall–Kier alpha value is -3.53. The number of hydrogen-bond acceptors (Lipinski definition) is 9. The monoisotopic (exact) mass is 478 g/mol. The molecule has 0 fully saturated rings. The third-order valence-electron chi connectivity index (χ3n) is 4.29. The highest BCUT2D eigenvalue weighted by atomic mass is 32.2. The van der Waals surface area contributed by atoms with E-state index in [-0.39, 0.29) is 11.5 Å². The molecule has 10 heteroatoms. The Kier molecular flexibility index (Phi) is 9.74. The minimum atomic E-state index is -1.41. The summed E-state index contributed by atoms with van der Waals surface area (Å²) in [5.41, 5.74) is 1.26. The molecule has 0 aliphatic rings. The second-order valence-corrected chi connectivity index (χ2v) is 7.84. The molecular formula is C23H26O9S. The number of carbonyl (C=O) groups excluding carboxylic acids is 2. The van der Waals surface area contributed by atoms with E-state index in [1.807, 2.05) is 0 Å². The molecule has 0 spiro atoms. The van der Waals surface area contributed by atoms with Crippen LogP contribution in [0.5, 0.6) is 28.7 Å². The normalized spacial score (nSPS) is 11.5. The smallest absolute Gasteiger partial charge is 0.349 e. The van der Waals surface area contributed by atoms with Crippen LogP contribution in [-0.2, 0) is 30.9 Å². The van der Waals surface area contributed by atoms with Crippen molar-refractivity contribution in [3.63, 3.8) is 0 Å². The summed E-state index contributed by atoms with van der Waals surface area (Å²) < 4.78 is 43.7. The zero-order valence-corrected chi connectivity index (χ0v) is 19.9. The number of benzene rings is 2. The average molecular weight is 479 g/mol. The van der Waals surface area contributed by atoms with Crippen molar-refractivity contribution in [2.24, 2.45) is 0 Å². The van der Waals surface area contributed by atoms with Gasteiger partial charge >= 0.3 is 11.9 Å². The molecule has 0 radical (unpaired) electrons. The maximum absolute atomic E-state index is 12.7. The van der Waals surface area contributed by atoms with Gasteiger partial charge in [-0.25, -0.2) is 4.79 Å². The number of methoxy groups -OCH3 is 4. The summed E-state index contributed by atoms with van der Waals surface area (Å²) in [5, 5.41) is 1.52. The molecular weight excluding hydrogens is 452 g/mol. The number of rotatable bonds is 11. The molecule has 178 valence electrons. The van der Waals surface area contributed by atoms with Crippen molar-refractivity contribution in [1.29, 1.82) is 0 Å². The Morgan fingerprint density at radius 1 is 0.879 bits per heavy atom. The van der Waals surface area contributed by atoms with Crippen molar-refractivity contribution in [3.05, 3.63) is 46.9 Å². The van der Waals surface area contributed by atoms with Crippen LogP contribution in [0.15, 0.2) is 35.7 Å². The molecule has 2 rings (SSSR count). The second kappa shape index (κ2) is 12.5. The lowest BCUT2D eigenvalue weighted by Gasteiger charge is -2.12. The molecule has 9 nitrogen and oxygen atoms in total. The third kappa shape index (κ3) is 7.53. The van der Waals surface area contributed by atoms with Crippen LogP contribution in [0, 0.1) is 0 Å². The van der Waals surface area contributed by atoms with Crippen molar-refractivity contribution in [3.8, 4) is 28.7 Å². The molecule has 2 aromatic rings. The Labute approximate surface area is 194 Å². The van der Waals surface area contributed by atoms with E-state index in [0.717, 1.165) is 0 Å². The van der Waals surface area contributed by atoms with Gasteiger partial charge < -0.3 is 28.4 Å². The largest absolute Gasteiger partial charge is 0.496 e. The highest BCUT2D eigenvalue weighted by molar-refractivity contribution is 7.87. The van der Waals surface area contributed by atoms with Gasteiger partial charge in [0.1, 0.15) is 17.2 Å². The summed E-state index contributed by atoms with van der Waals surface area (Å²) in [6, 6.07) is 8.25. The minimum absolute atomic E-state index is 0.131. The predicted molar refractivity (Wildman–Crippen MR) is 122 cm³/mol. The molecule has 2 aromatic carbocycles. The molecule has 0 N–H and O–H groups in total. The van der Waals surface area contributed by atoms with Crippen LogP contribution in [0.1, 0.15) is 18.1 Å². The quantitative estimate of drug-likeness (QED) is 0.356. The standard InChI is InChI=1S/C23H26O9S/c1-15(24)31-13-23(25)32-22-10-16(6-7-19(22)28-3)14-33(26)9-8-18-20(29-4)11-17(27-2)12-21(18)30-5/h6-12H,13-14H2,1-5H3/b9-8+. The van der Waals surface area contributed by atoms with E-state index in [1.165, 1.54) is 40.8 Å². The van der Waals surface area contributed by atoms with Gasteiger partial charge in [-0.3, -0.25) is 9.00 Å². The Balaban J connectivity index is 2.18. The lowest BCUT2D eigenvalue weighted by Crippen LogP contribution is -2.17. The molecule has 33 heavy (non-hydrogen) atoms. The van der Waals surface area contributed by atoms with Crippen LogP contribution in [0.25, 0.3) is 6.08 Å². The van der Waals surface area contributed by atoms with Gasteiger partial charge in [-0.05, 0) is 23.8 Å². The fourth-order valence-corrected chi connectivity index (χ4v) is 3.65. The van der Waals surface area contributed by atoms with Gasteiger partial charge in [0.2, 0.25) is 0 Å². The molecule has 0 aromatic heterocycles. The first-order chi connectivity index (χ1) is 15.8. The lowest BCUT2D eigenvalue weighted by atomic mass is 10.1. The van der Waals surface area contributed by atoms with Crippen LogP contribution in [-0.4, -0.2) is 51.2 Å². The van der Waals surface area contributed by atoms with Crippen molar-refractivity contribution < 1.29 is 42.2 Å². The van der Waals surface area contributed by atoms with E-state index in [4.69, 9.17) is 23.7 Å². The summed E-state index contributed by atoms with van der Waals surface area (Å²) >= 11 is 0. The molecule has 1 atom stereocenters. The van der Waals surface area contributed by atoms with Gasteiger partial charge in [0.05, 0.1) is 50.6 Å². The lowest BCUT2D eigenvalue weighted by molar-refractivity contribution is -0.152. The molecule has 0 amide bonds. The fraction of sp³-hybridized carbons (Fsp3) is 0.304. The summed E-state index contributed by atoms with van der Waals surface area (Å²) in [6.07, 6.45) is 1.65. The molecule has 0 saturated carbocycles. The van der Waals surface area contributed by atoms with Gasteiger partial charge in [-0.1, -0.05) is 6.07 Å². The molecule has 1 unspecified atom stereocenters. The van der Waals surface area contributed by atoms with Crippen LogP contribution in [0.2, 0.25) is 0 Å². The van der Waals surface area contributed by atoms with E-state index in [0.29, 0.717) is 34.1 Å². The molecule has 0 heterocycles. The van der Waals surface area contributed by atoms with Gasteiger partial charge in [0.15, 0.2) is 18.1 Å². The summed E-state index contributed by atoms with van der Waals surface area (Å²) in [4.78, 5) is 22.7. The van der Waals surface area contributed by atoms with Crippen LogP contribution in [0.3, 0.4) is 0 Å². The molecule has 0 aliphatic carbocycles. The predicted octanol–water partition coefficient (Wildman–Crippen LogP) is 3.11. The Bertz CT molecular complexity index is 1020. The Morgan fingerprint density at radius 2 is 1.52 bits per heavy atom. The zero-order chi connectivity index (χ0) is 24.4. The zero-order valence-electron chi connectivity index (χ0n) is 19.0. The number of carbonyl (C=O) groups is 2. The van der Waals surface area contributed by atoms with Gasteiger partial charge in [0.25, 0.3) is 0 Å². The highest BCUT2D eigenvalue weighted by Gasteiger charge is 2.14. The first-order valence-corrected chi connectivity index (χ1v) is 11.1. The topological polar surface area (TPSA) is 107 Å². The van der Waals surface area contributed by atoms with E-state index in [1.54, 1.807) is 36.4 Å². The SMILES string of the molecule is COc1cc(OC)c(/C=C/S(=O)Cc2ccc(OC)c(OC(=O)COC(C)=O)c2)c(OC)c1. The average Bonchev–Trinajstić information content (AvgIpc) is 2.81. The van der Waals surface area contributed by atoms with Crippen molar-refractivity contribution >= 4 is 28.8 Å². The first-order valence-electron chi connectivity index (χ1n) is 9.67. The summed E-state index contributed by atoms with van der Waals surface area (Å²) in [6.45, 7) is 0.664. The maximum atomic E-state index is 12.7. The number of hydrogen-bond donors (Lipinski definition) is 0. The van der Waals surface area contributed by atoms with Gasteiger partial charge in [0, 0.05) is 24.5 Å². The summed E-state index contributed by atoms with van der Waals surface area (Å²) in [7, 11) is 4.59. The number of ether oxygens (including phenoxy) is 6. The van der Waals surface area contributed by atoms with Crippen LogP contribution < -0.4 is 23.7 Å². The van der Waals surface area contributed by atoms with Gasteiger partial charge in [-0.15, -0.1) is 0 Å². The fourth-order valence-electron chi connectivity index (χ4n) is 2.76. The Morgan fingerprint density at radius 3 is 2.06 bits per heavy atom. The van der Waals surface area contributed by atoms with Crippen LogP contribution in [0.4, 0.5) is 0 Å². The van der Waals surface area contributed by atoms with E-state index >= 15 is 0 Å². The van der Waals surface area contributed by atoms with Crippen molar-refractivity contribution in [1.82, 2.24) is 0 Å². The molecule has 0 saturated heterocycles. The van der Waals surface area contributed by atoms with E-state index < -0.39 is 29.3 Å². The third-order valence-corrected chi connectivity index (χ3v) is 5.35. The van der Waals surface area contributed by atoms with Gasteiger partial charge in [-0.2, -0.15) is 0 Å². The van der Waals surface area contributed by atoms with Crippen LogP contribution >= 0.6 is 0 Å². The highest BCUT2D eigenvalue weighted by Crippen LogP contribution is 2.35. The minimum Gasteiger partial charge on any atom is -0.496 e. The molecule has 0 bridgehead atoms. The van der Waals surface area contributed by atoms with E-state index in [9.17, 15) is 13.8 Å². The molecule has 0 aliphatic heterocycles. The number of esters is 2.